The molecule has 0 saturated carbocycles. The summed E-state index contributed by atoms with van der Waals surface area (Å²) < 4.78 is 0. The van der Waals surface area contributed by atoms with Gasteiger partial charge in [0.05, 0.1) is 23.8 Å². The first-order valence-electron chi connectivity index (χ1n) is 10.1. The molecule has 0 aliphatic carbocycles. The third-order valence-electron chi connectivity index (χ3n) is 5.81. The molecule has 0 aromatic carbocycles. The van der Waals surface area contributed by atoms with Crippen molar-refractivity contribution >= 4 is 34.5 Å². The second-order valence-electron chi connectivity index (χ2n) is 7.74. The van der Waals surface area contributed by atoms with Gasteiger partial charge in [0.15, 0.2) is 22.8 Å². The van der Waals surface area contributed by atoms with Gasteiger partial charge in [-0.25, -0.2) is 24.7 Å². The average molecular weight is 413 g/mol. The Hall–Kier alpha value is -4.08. The van der Waals surface area contributed by atoms with E-state index in [4.69, 9.17) is 4.98 Å². The lowest BCUT2D eigenvalue weighted by molar-refractivity contribution is 0.255. The molecule has 1 atom stereocenters. The molecule has 0 radical (unpaired) electrons. The summed E-state index contributed by atoms with van der Waals surface area (Å²) in [4.78, 5) is 42.2. The van der Waals surface area contributed by atoms with Crippen molar-refractivity contribution in [2.75, 3.05) is 28.2 Å². The van der Waals surface area contributed by atoms with Crippen LogP contribution in [0, 0.1) is 6.92 Å². The highest BCUT2D eigenvalue weighted by molar-refractivity contribution is 6.06. The Morgan fingerprint density at radius 1 is 1.19 bits per heavy atom. The topological polar surface area (TPSA) is 116 Å². The number of nitrogens with zero attached hydrogens (tertiary/aromatic N) is 7. The zero-order chi connectivity index (χ0) is 20.9. The Kier molecular flexibility index (Phi) is 3.85. The number of rotatable bonds is 2. The second-order valence-corrected chi connectivity index (χ2v) is 7.74. The number of amides is 2. The Labute approximate surface area is 177 Å². The standard InChI is InChI=1S/C21H19N9O/c1-12-8-13(4-6-22-12)15-2-3-16-20(27-15)30(14-5-7-29(16)9-14)21(31)28-19-17-18(24-10-23-17)25-11-26-19/h2-4,6,8,10-11,14H,5,7,9H2,1H3,(H2,23,24,25,26,28,31). The number of anilines is 3. The number of pyridine rings is 2. The number of aromatic amines is 1. The van der Waals surface area contributed by atoms with Crippen LogP contribution in [0.4, 0.5) is 22.1 Å². The van der Waals surface area contributed by atoms with E-state index in [9.17, 15) is 4.79 Å². The summed E-state index contributed by atoms with van der Waals surface area (Å²) in [6, 6.07) is 7.74. The van der Waals surface area contributed by atoms with E-state index in [1.54, 1.807) is 11.1 Å². The van der Waals surface area contributed by atoms with Crippen molar-refractivity contribution in [2.24, 2.45) is 0 Å². The van der Waals surface area contributed by atoms with Crippen LogP contribution in [-0.4, -0.2) is 55.1 Å². The van der Waals surface area contributed by atoms with Gasteiger partial charge in [0.1, 0.15) is 6.33 Å². The number of hydrogen-bond acceptors (Lipinski definition) is 7. The summed E-state index contributed by atoms with van der Waals surface area (Å²) in [6.45, 7) is 3.64. The molecule has 0 spiro atoms. The summed E-state index contributed by atoms with van der Waals surface area (Å²) in [5, 5.41) is 2.92. The lowest BCUT2D eigenvalue weighted by Gasteiger charge is -2.35. The third kappa shape index (κ3) is 2.87. The first-order valence-corrected chi connectivity index (χ1v) is 10.1. The van der Waals surface area contributed by atoms with Gasteiger partial charge in [-0.2, -0.15) is 0 Å². The molecular weight excluding hydrogens is 394 g/mol. The van der Waals surface area contributed by atoms with E-state index in [-0.39, 0.29) is 12.1 Å². The van der Waals surface area contributed by atoms with Crippen molar-refractivity contribution in [3.63, 3.8) is 0 Å². The van der Waals surface area contributed by atoms with Crippen molar-refractivity contribution < 1.29 is 4.79 Å². The van der Waals surface area contributed by atoms with Crippen LogP contribution in [-0.2, 0) is 0 Å². The van der Waals surface area contributed by atoms with Gasteiger partial charge in [0.25, 0.3) is 0 Å². The monoisotopic (exact) mass is 413 g/mol. The number of aryl methyl sites for hydroxylation is 1. The zero-order valence-corrected chi connectivity index (χ0v) is 16.8. The molecule has 2 bridgehead atoms. The van der Waals surface area contributed by atoms with Crippen LogP contribution in [0.25, 0.3) is 22.4 Å². The molecule has 1 unspecified atom stereocenters. The van der Waals surface area contributed by atoms with Crippen molar-refractivity contribution in [2.45, 2.75) is 19.4 Å². The van der Waals surface area contributed by atoms with E-state index >= 15 is 0 Å². The van der Waals surface area contributed by atoms with Crippen molar-refractivity contribution in [3.8, 4) is 11.3 Å². The number of nitrogens with one attached hydrogen (secondary N) is 2. The lowest BCUT2D eigenvalue weighted by Crippen LogP contribution is -2.48. The average Bonchev–Trinajstić information content (AvgIpc) is 3.42. The van der Waals surface area contributed by atoms with Crippen LogP contribution in [0.15, 0.2) is 43.1 Å². The maximum Gasteiger partial charge on any atom is 0.329 e. The van der Waals surface area contributed by atoms with Gasteiger partial charge in [-0.05, 0) is 37.6 Å². The summed E-state index contributed by atoms with van der Waals surface area (Å²) in [5.74, 6) is 1.03. The van der Waals surface area contributed by atoms with E-state index in [1.807, 2.05) is 31.2 Å². The molecule has 1 saturated heterocycles. The van der Waals surface area contributed by atoms with Gasteiger partial charge >= 0.3 is 6.03 Å². The van der Waals surface area contributed by atoms with Crippen LogP contribution < -0.4 is 15.1 Å². The van der Waals surface area contributed by atoms with E-state index in [0.29, 0.717) is 22.8 Å². The number of urea groups is 1. The minimum absolute atomic E-state index is 0.0472. The first-order chi connectivity index (χ1) is 15.2. The zero-order valence-electron chi connectivity index (χ0n) is 16.8. The Balaban J connectivity index is 1.41. The molecule has 4 aromatic rings. The second kappa shape index (κ2) is 6.73. The fourth-order valence-corrected chi connectivity index (χ4v) is 4.35. The maximum atomic E-state index is 13.4. The third-order valence-corrected chi connectivity index (χ3v) is 5.81. The highest BCUT2D eigenvalue weighted by Gasteiger charge is 2.40. The molecular formula is C21H19N9O. The van der Waals surface area contributed by atoms with E-state index in [2.05, 4.69) is 35.1 Å². The van der Waals surface area contributed by atoms with Crippen molar-refractivity contribution in [1.29, 1.82) is 0 Å². The van der Waals surface area contributed by atoms with Crippen LogP contribution in [0.5, 0.6) is 0 Å². The molecule has 10 heteroatoms. The van der Waals surface area contributed by atoms with Crippen LogP contribution in [0.1, 0.15) is 12.1 Å². The maximum absolute atomic E-state index is 13.4. The minimum atomic E-state index is -0.272. The number of H-pyrrole nitrogens is 1. The molecule has 10 nitrogen and oxygen atoms in total. The van der Waals surface area contributed by atoms with Gasteiger partial charge < -0.3 is 9.88 Å². The smallest absolute Gasteiger partial charge is 0.329 e. The molecule has 2 aliphatic heterocycles. The van der Waals surface area contributed by atoms with Gasteiger partial charge in [-0.3, -0.25) is 15.2 Å². The predicted octanol–water partition coefficient (Wildman–Crippen LogP) is 2.75. The molecule has 2 N–H and O–H groups in total. The van der Waals surface area contributed by atoms with Crippen molar-refractivity contribution in [3.05, 3.63) is 48.8 Å². The largest absolute Gasteiger partial charge is 0.366 e. The fourth-order valence-electron chi connectivity index (χ4n) is 4.35. The van der Waals surface area contributed by atoms with Crippen molar-refractivity contribution in [1.82, 2.24) is 29.9 Å². The normalized spacial score (nSPS) is 17.1. The van der Waals surface area contributed by atoms with Gasteiger partial charge in [0.2, 0.25) is 0 Å². The molecule has 6 rings (SSSR count). The Morgan fingerprint density at radius 2 is 2.13 bits per heavy atom. The number of fused-ring (bicyclic) bond motifs is 5. The Bertz CT molecular complexity index is 1320. The first kappa shape index (κ1) is 17.8. The SMILES string of the molecule is Cc1cc(-c2ccc3c(n2)N(C(=O)Nc2ncnc4[nH]cnc24)C2CCN3C2)ccn1. The minimum Gasteiger partial charge on any atom is -0.366 e. The van der Waals surface area contributed by atoms with Gasteiger partial charge in [0, 0.05) is 30.5 Å². The molecule has 2 aliphatic rings. The van der Waals surface area contributed by atoms with Crippen LogP contribution in [0.2, 0.25) is 0 Å². The number of carbonyl (C=O) groups excluding carboxylic acids is 1. The summed E-state index contributed by atoms with van der Waals surface area (Å²) in [6.07, 6.45) is 5.59. The van der Waals surface area contributed by atoms with E-state index in [1.165, 1.54) is 12.7 Å². The van der Waals surface area contributed by atoms with Crippen LogP contribution >= 0.6 is 0 Å². The Morgan fingerprint density at radius 3 is 3.03 bits per heavy atom. The molecule has 2 amide bonds. The fraction of sp³-hybridized carbons (Fsp3) is 0.238. The molecule has 154 valence electrons. The summed E-state index contributed by atoms with van der Waals surface area (Å²) >= 11 is 0. The molecule has 6 heterocycles. The van der Waals surface area contributed by atoms with E-state index < -0.39 is 0 Å². The lowest BCUT2D eigenvalue weighted by atomic mass is 10.1. The number of aromatic nitrogens is 6. The molecule has 4 aromatic heterocycles. The van der Waals surface area contributed by atoms with Crippen LogP contribution in [0.3, 0.4) is 0 Å². The quantitative estimate of drug-likeness (QED) is 0.519. The van der Waals surface area contributed by atoms with E-state index in [0.717, 1.165) is 42.1 Å². The highest BCUT2D eigenvalue weighted by Crippen LogP contribution is 2.40. The highest BCUT2D eigenvalue weighted by atomic mass is 16.2. The number of hydrogen-bond donors (Lipinski definition) is 2. The summed E-state index contributed by atoms with van der Waals surface area (Å²) in [7, 11) is 0. The number of imidazole rings is 1. The summed E-state index contributed by atoms with van der Waals surface area (Å²) in [5.41, 5.74) is 4.76. The molecule has 1 fully saturated rings. The van der Waals surface area contributed by atoms with Gasteiger partial charge in [-0.15, -0.1) is 0 Å². The van der Waals surface area contributed by atoms with Gasteiger partial charge in [-0.1, -0.05) is 0 Å². The number of carbonyl (C=O) groups is 1. The predicted molar refractivity (Wildman–Crippen MR) is 116 cm³/mol. The molecule has 31 heavy (non-hydrogen) atoms.